The van der Waals surface area contributed by atoms with Gasteiger partial charge in [-0.25, -0.2) is 9.97 Å². The first-order valence-electron chi connectivity index (χ1n) is 5.69. The molecule has 2 N–H and O–H groups in total. The van der Waals surface area contributed by atoms with Crippen molar-refractivity contribution in [2.75, 3.05) is 11.9 Å². The Morgan fingerprint density at radius 3 is 2.84 bits per heavy atom. The van der Waals surface area contributed by atoms with Crippen LogP contribution in [0.5, 0.6) is 0 Å². The van der Waals surface area contributed by atoms with E-state index in [1.54, 1.807) is 31.0 Å². The van der Waals surface area contributed by atoms with Gasteiger partial charge in [0.1, 0.15) is 11.7 Å². The second-order valence-electron chi connectivity index (χ2n) is 4.40. The number of hydrogen-bond donors (Lipinski definition) is 2. The van der Waals surface area contributed by atoms with Crippen LogP contribution in [-0.2, 0) is 12.6 Å². The summed E-state index contributed by atoms with van der Waals surface area (Å²) >= 11 is 0. The molecule has 2 rings (SSSR count). The van der Waals surface area contributed by atoms with E-state index in [-0.39, 0.29) is 12.2 Å². The molecule has 0 saturated carbocycles. The minimum absolute atomic E-state index is 0.199. The largest absolute Gasteiger partial charge is 0.383 e. The fourth-order valence-corrected chi connectivity index (χ4v) is 1.61. The average molecular weight is 258 g/mol. The number of nitrogens with one attached hydrogen (secondary N) is 1. The van der Waals surface area contributed by atoms with Gasteiger partial charge in [0.05, 0.1) is 6.20 Å². The van der Waals surface area contributed by atoms with E-state index in [0.717, 1.165) is 0 Å². The first kappa shape index (κ1) is 13.0. The zero-order valence-corrected chi connectivity index (χ0v) is 10.7. The Kier molecular flexibility index (Phi) is 3.44. The molecule has 0 aliphatic rings. The highest BCUT2D eigenvalue weighted by molar-refractivity contribution is 5.47. The molecule has 0 fully saturated rings. The lowest BCUT2D eigenvalue weighted by molar-refractivity contribution is 0.0713. The van der Waals surface area contributed by atoms with Gasteiger partial charge in [0.15, 0.2) is 11.5 Å². The third-order valence-electron chi connectivity index (χ3n) is 2.73. The maximum atomic E-state index is 10.4. The number of aliphatic hydroxyl groups is 1. The Morgan fingerprint density at radius 1 is 1.47 bits per heavy atom. The molecule has 19 heavy (non-hydrogen) atoms. The lowest BCUT2D eigenvalue weighted by Gasteiger charge is -2.22. The first-order chi connectivity index (χ1) is 9.03. The van der Waals surface area contributed by atoms with Crippen LogP contribution in [0.15, 0.2) is 24.8 Å². The van der Waals surface area contributed by atoms with Gasteiger partial charge in [-0.2, -0.15) is 10.4 Å². The molecule has 0 aliphatic carbocycles. The fourth-order valence-electron chi connectivity index (χ4n) is 1.61. The van der Waals surface area contributed by atoms with Gasteiger partial charge >= 0.3 is 0 Å². The van der Waals surface area contributed by atoms with Gasteiger partial charge < -0.3 is 10.4 Å². The second kappa shape index (κ2) is 5.04. The molecule has 1 atom stereocenters. The smallest absolute Gasteiger partial charge is 0.182 e. The minimum Gasteiger partial charge on any atom is -0.383 e. The quantitative estimate of drug-likeness (QED) is 0.823. The van der Waals surface area contributed by atoms with Crippen LogP contribution in [0.2, 0.25) is 0 Å². The number of aryl methyl sites for hydroxylation is 1. The van der Waals surface area contributed by atoms with Gasteiger partial charge in [-0.1, -0.05) is 0 Å². The summed E-state index contributed by atoms with van der Waals surface area (Å²) in [4.78, 5) is 7.91. The van der Waals surface area contributed by atoms with Crippen LogP contribution in [0, 0.1) is 11.3 Å². The lowest BCUT2D eigenvalue weighted by Crippen LogP contribution is -2.31. The van der Waals surface area contributed by atoms with Crippen molar-refractivity contribution in [3.8, 4) is 6.07 Å². The summed E-state index contributed by atoms with van der Waals surface area (Å²) in [5.74, 6) is 0.356. The molecular formula is C12H14N6O. The van der Waals surface area contributed by atoms with Gasteiger partial charge in [0.25, 0.3) is 0 Å². The molecule has 2 aromatic heterocycles. The van der Waals surface area contributed by atoms with Crippen molar-refractivity contribution in [2.45, 2.75) is 12.5 Å². The van der Waals surface area contributed by atoms with Crippen molar-refractivity contribution in [2.24, 2.45) is 7.05 Å². The molecule has 0 aliphatic heterocycles. The Labute approximate surface area is 110 Å². The van der Waals surface area contributed by atoms with E-state index in [2.05, 4.69) is 20.4 Å². The van der Waals surface area contributed by atoms with E-state index in [9.17, 15) is 5.11 Å². The number of aromatic nitrogens is 4. The van der Waals surface area contributed by atoms with Gasteiger partial charge in [-0.3, -0.25) is 4.68 Å². The van der Waals surface area contributed by atoms with Crippen molar-refractivity contribution >= 4 is 5.82 Å². The number of hydrogen-bond acceptors (Lipinski definition) is 6. The summed E-state index contributed by atoms with van der Waals surface area (Å²) in [6.45, 7) is 1.87. The molecule has 7 nitrogen and oxygen atoms in total. The van der Waals surface area contributed by atoms with Crippen LogP contribution < -0.4 is 5.32 Å². The summed E-state index contributed by atoms with van der Waals surface area (Å²) in [5, 5.41) is 26.2. The van der Waals surface area contributed by atoms with E-state index in [1.807, 2.05) is 6.07 Å². The molecule has 0 aromatic carbocycles. The SMILES string of the molecule is Cn1cc([C@@](C)(O)CNc2nccnc2C#N)cn1. The maximum Gasteiger partial charge on any atom is 0.182 e. The Balaban J connectivity index is 2.12. The third kappa shape index (κ3) is 2.86. The highest BCUT2D eigenvalue weighted by atomic mass is 16.3. The van der Waals surface area contributed by atoms with Crippen molar-refractivity contribution < 1.29 is 5.11 Å². The number of rotatable bonds is 4. The van der Waals surface area contributed by atoms with Crippen molar-refractivity contribution in [1.29, 1.82) is 5.26 Å². The second-order valence-corrected chi connectivity index (χ2v) is 4.40. The first-order valence-corrected chi connectivity index (χ1v) is 5.69. The number of nitriles is 1. The molecule has 2 heterocycles. The van der Waals surface area contributed by atoms with Crippen LogP contribution in [0.4, 0.5) is 5.82 Å². The molecule has 0 radical (unpaired) electrons. The molecule has 0 spiro atoms. The minimum atomic E-state index is -1.11. The summed E-state index contributed by atoms with van der Waals surface area (Å²) < 4.78 is 1.62. The van der Waals surface area contributed by atoms with E-state index in [0.29, 0.717) is 11.4 Å². The fraction of sp³-hybridized carbons (Fsp3) is 0.333. The molecule has 0 unspecified atom stereocenters. The van der Waals surface area contributed by atoms with Crippen molar-refractivity contribution in [3.63, 3.8) is 0 Å². The predicted molar refractivity (Wildman–Crippen MR) is 68.0 cm³/mol. The molecule has 0 saturated heterocycles. The Hall–Kier alpha value is -2.46. The predicted octanol–water partition coefficient (Wildman–Crippen LogP) is 0.401. The highest BCUT2D eigenvalue weighted by Gasteiger charge is 2.25. The van der Waals surface area contributed by atoms with Crippen LogP contribution in [0.25, 0.3) is 0 Å². The van der Waals surface area contributed by atoms with E-state index >= 15 is 0 Å². The lowest BCUT2D eigenvalue weighted by atomic mass is 10.00. The molecule has 98 valence electrons. The summed E-state index contributed by atoms with van der Waals surface area (Å²) in [6, 6.07) is 1.94. The molecule has 0 bridgehead atoms. The summed E-state index contributed by atoms with van der Waals surface area (Å²) in [6.07, 6.45) is 6.28. The molecule has 2 aromatic rings. The molecular weight excluding hydrogens is 244 g/mol. The number of nitrogens with zero attached hydrogens (tertiary/aromatic N) is 5. The van der Waals surface area contributed by atoms with Gasteiger partial charge in [-0.15, -0.1) is 0 Å². The normalized spacial score (nSPS) is 13.6. The maximum absolute atomic E-state index is 10.4. The van der Waals surface area contributed by atoms with E-state index < -0.39 is 5.60 Å². The van der Waals surface area contributed by atoms with Crippen molar-refractivity contribution in [3.05, 3.63) is 36.0 Å². The van der Waals surface area contributed by atoms with Crippen molar-refractivity contribution in [1.82, 2.24) is 19.7 Å². The Morgan fingerprint density at radius 2 is 2.21 bits per heavy atom. The topological polar surface area (TPSA) is 99.6 Å². The monoisotopic (exact) mass is 258 g/mol. The van der Waals surface area contributed by atoms with Gasteiger partial charge in [0.2, 0.25) is 0 Å². The van der Waals surface area contributed by atoms with E-state index in [4.69, 9.17) is 5.26 Å². The Bertz CT molecular complexity index is 613. The highest BCUT2D eigenvalue weighted by Crippen LogP contribution is 2.20. The van der Waals surface area contributed by atoms with Gasteiger partial charge in [0, 0.05) is 37.7 Å². The van der Waals surface area contributed by atoms with Crippen LogP contribution in [-0.4, -0.2) is 31.4 Å². The summed E-state index contributed by atoms with van der Waals surface area (Å²) in [5.41, 5.74) is -0.229. The zero-order chi connectivity index (χ0) is 13.9. The zero-order valence-electron chi connectivity index (χ0n) is 10.7. The average Bonchev–Trinajstić information content (AvgIpc) is 2.84. The molecule has 0 amide bonds. The standard InChI is InChI=1S/C12H14N6O/c1-12(19,9-6-17-18(2)7-9)8-16-11-10(5-13)14-3-4-15-11/h3-4,6-7,19H,8H2,1-2H3,(H,15,16)/t12-/m0/s1. The third-order valence-corrected chi connectivity index (χ3v) is 2.73. The summed E-state index contributed by atoms with van der Waals surface area (Å²) in [7, 11) is 1.78. The van der Waals surface area contributed by atoms with Crippen LogP contribution >= 0.6 is 0 Å². The van der Waals surface area contributed by atoms with Crippen LogP contribution in [0.3, 0.4) is 0 Å². The van der Waals surface area contributed by atoms with Gasteiger partial charge in [-0.05, 0) is 6.92 Å². The number of anilines is 1. The van der Waals surface area contributed by atoms with E-state index in [1.165, 1.54) is 12.4 Å². The molecule has 7 heteroatoms. The van der Waals surface area contributed by atoms with Crippen LogP contribution in [0.1, 0.15) is 18.2 Å².